The number of nitriles is 1. The van der Waals surface area contributed by atoms with Crippen molar-refractivity contribution < 1.29 is 9.53 Å². The molecule has 1 aliphatic rings. The highest BCUT2D eigenvalue weighted by Gasteiger charge is 2.23. The maximum Gasteiger partial charge on any atom is 0.266 e. The van der Waals surface area contributed by atoms with Gasteiger partial charge in [-0.05, 0) is 25.2 Å². The van der Waals surface area contributed by atoms with Crippen molar-refractivity contribution in [1.82, 2.24) is 29.4 Å². The summed E-state index contributed by atoms with van der Waals surface area (Å²) in [5.74, 6) is 0.789. The zero-order chi connectivity index (χ0) is 30.6. The Balaban J connectivity index is 1.36. The molecular weight excluding hydrogens is 556 g/mol. The largest absolute Gasteiger partial charge is 0.494 e. The van der Waals surface area contributed by atoms with Gasteiger partial charge in [0.2, 0.25) is 5.95 Å². The van der Waals surface area contributed by atoms with Crippen LogP contribution in [0.15, 0.2) is 72.8 Å². The molecule has 0 saturated carbocycles. The van der Waals surface area contributed by atoms with Crippen molar-refractivity contribution >= 4 is 45.9 Å². The third kappa shape index (κ3) is 5.81. The SMILES string of the molecule is COc1cc(N2CCN(C)CC2)c(NC(=O)C(C#N)=Cc2ncc[nH]2)cc1Nc1nccc(-c2cn(C)c3ccccc23)n1. The van der Waals surface area contributed by atoms with E-state index in [1.165, 1.54) is 6.08 Å². The van der Waals surface area contributed by atoms with Gasteiger partial charge in [0.25, 0.3) is 5.91 Å². The lowest BCUT2D eigenvalue weighted by molar-refractivity contribution is -0.112. The number of carbonyl (C=O) groups is 1. The smallest absolute Gasteiger partial charge is 0.266 e. The Morgan fingerprint density at radius 3 is 2.64 bits per heavy atom. The molecule has 0 aliphatic carbocycles. The number of anilines is 4. The van der Waals surface area contributed by atoms with E-state index < -0.39 is 5.91 Å². The van der Waals surface area contributed by atoms with Crippen LogP contribution >= 0.6 is 0 Å². The van der Waals surface area contributed by atoms with Crippen molar-refractivity contribution in [1.29, 1.82) is 5.26 Å². The Kier molecular flexibility index (Phi) is 7.94. The van der Waals surface area contributed by atoms with Crippen molar-refractivity contribution in [3.63, 3.8) is 0 Å². The number of aryl methyl sites for hydroxylation is 1. The number of likely N-dealkylation sites (N-methyl/N-ethyl adjacent to an activating group) is 1. The Morgan fingerprint density at radius 2 is 1.89 bits per heavy atom. The topological polar surface area (TPSA) is 140 Å². The molecule has 0 spiro atoms. The quantitative estimate of drug-likeness (QED) is 0.178. The molecule has 1 amide bonds. The number of H-pyrrole nitrogens is 1. The van der Waals surface area contributed by atoms with E-state index in [-0.39, 0.29) is 5.57 Å². The van der Waals surface area contributed by atoms with Gasteiger partial charge in [-0.15, -0.1) is 0 Å². The first-order valence-electron chi connectivity index (χ1n) is 14.2. The van der Waals surface area contributed by atoms with Gasteiger partial charge in [-0.2, -0.15) is 5.26 Å². The summed E-state index contributed by atoms with van der Waals surface area (Å²) in [6, 6.07) is 15.7. The van der Waals surface area contributed by atoms with Crippen LogP contribution in [0.2, 0.25) is 0 Å². The van der Waals surface area contributed by atoms with Crippen molar-refractivity contribution in [2.45, 2.75) is 0 Å². The van der Waals surface area contributed by atoms with Crippen LogP contribution in [0, 0.1) is 11.3 Å². The van der Waals surface area contributed by atoms with Gasteiger partial charge in [-0.1, -0.05) is 18.2 Å². The van der Waals surface area contributed by atoms with Crippen LogP contribution in [-0.2, 0) is 11.8 Å². The van der Waals surface area contributed by atoms with E-state index in [2.05, 4.69) is 65.3 Å². The van der Waals surface area contributed by atoms with E-state index in [9.17, 15) is 10.1 Å². The molecule has 3 N–H and O–H groups in total. The minimum atomic E-state index is -0.551. The number of benzene rings is 2. The molecular formula is C32H32N10O2. The van der Waals surface area contributed by atoms with Gasteiger partial charge >= 0.3 is 0 Å². The van der Waals surface area contributed by atoms with Crippen LogP contribution in [-0.4, -0.2) is 75.6 Å². The van der Waals surface area contributed by atoms with E-state index in [4.69, 9.17) is 9.72 Å². The second-order valence-electron chi connectivity index (χ2n) is 10.5. The molecule has 4 heterocycles. The molecule has 2 aromatic carbocycles. The zero-order valence-electron chi connectivity index (χ0n) is 24.7. The van der Waals surface area contributed by atoms with Gasteiger partial charge in [0.1, 0.15) is 23.2 Å². The number of nitrogens with zero attached hydrogens (tertiary/aromatic N) is 7. The molecule has 1 aliphatic heterocycles. The predicted octanol–water partition coefficient (Wildman–Crippen LogP) is 4.41. The lowest BCUT2D eigenvalue weighted by atomic mass is 10.1. The van der Waals surface area contributed by atoms with Gasteiger partial charge in [0.15, 0.2) is 0 Å². The van der Waals surface area contributed by atoms with Crippen LogP contribution in [0.4, 0.5) is 23.0 Å². The first-order chi connectivity index (χ1) is 21.4. The molecule has 222 valence electrons. The average molecular weight is 589 g/mol. The third-order valence-corrected chi connectivity index (χ3v) is 7.65. The fourth-order valence-electron chi connectivity index (χ4n) is 5.31. The molecule has 0 unspecified atom stereocenters. The number of para-hydroxylation sites is 1. The Hall–Kier alpha value is -5.67. The number of ether oxygens (including phenoxy) is 1. The van der Waals surface area contributed by atoms with Gasteiger partial charge in [-0.25, -0.2) is 15.0 Å². The summed E-state index contributed by atoms with van der Waals surface area (Å²) >= 11 is 0. The van der Waals surface area contributed by atoms with Crippen LogP contribution in [0.5, 0.6) is 5.75 Å². The standard InChI is InChI=1S/C32H32N10O2/c1-40-12-14-42(15-13-40)28-18-29(44-3)26(17-25(28)37-31(43)21(19-33)16-30-34-10-11-35-30)39-32-36-9-8-24(38-32)23-20-41(2)27-7-5-4-6-22(23)27/h4-11,16-18,20H,12-15H2,1-3H3,(H,34,35)(H,37,43)(H,36,38,39). The highest BCUT2D eigenvalue weighted by molar-refractivity contribution is 6.11. The van der Waals surface area contributed by atoms with Gasteiger partial charge in [-0.3, -0.25) is 4.79 Å². The minimum absolute atomic E-state index is 0.0827. The Labute approximate surface area is 254 Å². The highest BCUT2D eigenvalue weighted by Crippen LogP contribution is 2.39. The van der Waals surface area contributed by atoms with Crippen LogP contribution in [0.3, 0.4) is 0 Å². The molecule has 1 fully saturated rings. The molecule has 0 bridgehead atoms. The fraction of sp³-hybridized carbons (Fsp3) is 0.219. The number of hydrogen-bond donors (Lipinski definition) is 3. The van der Waals surface area contributed by atoms with Crippen LogP contribution < -0.4 is 20.3 Å². The lowest BCUT2D eigenvalue weighted by Crippen LogP contribution is -2.44. The van der Waals surface area contributed by atoms with E-state index in [0.717, 1.165) is 54.0 Å². The molecule has 3 aromatic heterocycles. The van der Waals surface area contributed by atoms with Crippen molar-refractivity contribution in [3.8, 4) is 23.1 Å². The number of aromatic nitrogens is 5. The number of hydrogen-bond acceptors (Lipinski definition) is 9. The molecule has 0 atom stereocenters. The summed E-state index contributed by atoms with van der Waals surface area (Å²) in [4.78, 5) is 34.1. The number of rotatable bonds is 8. The Morgan fingerprint density at radius 1 is 1.07 bits per heavy atom. The number of nitrogens with one attached hydrogen (secondary N) is 3. The summed E-state index contributed by atoms with van der Waals surface area (Å²) < 4.78 is 7.87. The summed E-state index contributed by atoms with van der Waals surface area (Å²) in [6.45, 7) is 3.26. The summed E-state index contributed by atoms with van der Waals surface area (Å²) in [6.07, 6.45) is 8.36. The first kappa shape index (κ1) is 28.4. The van der Waals surface area contributed by atoms with E-state index >= 15 is 0 Å². The molecule has 6 rings (SSSR count). The maximum atomic E-state index is 13.3. The number of methoxy groups -OCH3 is 1. The van der Waals surface area contributed by atoms with E-state index in [1.807, 2.05) is 37.4 Å². The van der Waals surface area contributed by atoms with Crippen molar-refractivity contribution in [2.75, 3.05) is 55.9 Å². The number of fused-ring (bicyclic) bond motifs is 1. The lowest BCUT2D eigenvalue weighted by Gasteiger charge is -2.35. The average Bonchev–Trinajstić information content (AvgIpc) is 3.68. The third-order valence-electron chi connectivity index (χ3n) is 7.65. The predicted molar refractivity (Wildman–Crippen MR) is 171 cm³/mol. The van der Waals surface area contributed by atoms with E-state index in [1.54, 1.807) is 31.8 Å². The van der Waals surface area contributed by atoms with Crippen molar-refractivity contribution in [3.05, 3.63) is 78.6 Å². The summed E-state index contributed by atoms with van der Waals surface area (Å²) in [7, 11) is 5.69. The number of amides is 1. The minimum Gasteiger partial charge on any atom is -0.494 e. The van der Waals surface area contributed by atoms with Gasteiger partial charge in [0, 0.05) is 86.6 Å². The monoisotopic (exact) mass is 588 g/mol. The van der Waals surface area contributed by atoms with Gasteiger partial charge in [0.05, 0.1) is 29.9 Å². The number of carbonyl (C=O) groups excluding carboxylic acids is 1. The second-order valence-corrected chi connectivity index (χ2v) is 10.5. The molecule has 1 saturated heterocycles. The van der Waals surface area contributed by atoms with Crippen LogP contribution in [0.25, 0.3) is 28.2 Å². The number of imidazole rings is 1. The van der Waals surface area contributed by atoms with Crippen molar-refractivity contribution in [2.24, 2.45) is 7.05 Å². The fourth-order valence-corrected chi connectivity index (χ4v) is 5.31. The second kappa shape index (κ2) is 12.3. The Bertz CT molecular complexity index is 1880. The number of aromatic amines is 1. The normalized spacial score (nSPS) is 14.0. The molecule has 5 aromatic rings. The summed E-state index contributed by atoms with van der Waals surface area (Å²) in [5.41, 5.74) is 4.65. The molecule has 12 heteroatoms. The van der Waals surface area contributed by atoms with Crippen LogP contribution in [0.1, 0.15) is 5.82 Å². The number of piperazine rings is 1. The van der Waals surface area contributed by atoms with Gasteiger partial charge < -0.3 is 34.7 Å². The molecule has 44 heavy (non-hydrogen) atoms. The zero-order valence-corrected chi connectivity index (χ0v) is 24.7. The molecule has 12 nitrogen and oxygen atoms in total. The van der Waals surface area contributed by atoms with E-state index in [0.29, 0.717) is 28.9 Å². The first-order valence-corrected chi connectivity index (χ1v) is 14.2. The summed E-state index contributed by atoms with van der Waals surface area (Å²) in [5, 5.41) is 17.1. The maximum absolute atomic E-state index is 13.3. The molecule has 0 radical (unpaired) electrons. The highest BCUT2D eigenvalue weighted by atomic mass is 16.5.